The van der Waals surface area contributed by atoms with Crippen molar-refractivity contribution in [1.29, 1.82) is 0 Å². The van der Waals surface area contributed by atoms with E-state index in [1.165, 1.54) is 6.20 Å². The monoisotopic (exact) mass is 303 g/mol. The maximum atomic E-state index is 13.6. The van der Waals surface area contributed by atoms with Crippen molar-refractivity contribution in [3.05, 3.63) is 42.1 Å². The molecule has 22 heavy (non-hydrogen) atoms. The Labute approximate surface area is 128 Å². The zero-order chi connectivity index (χ0) is 15.4. The summed E-state index contributed by atoms with van der Waals surface area (Å²) in [6.45, 7) is 2.32. The van der Waals surface area contributed by atoms with Crippen molar-refractivity contribution in [1.82, 2.24) is 19.9 Å². The van der Waals surface area contributed by atoms with Gasteiger partial charge in [0.05, 0.1) is 13.3 Å². The fraction of sp³-hybridized carbons (Fsp3) is 0.400. The van der Waals surface area contributed by atoms with Gasteiger partial charge in [0, 0.05) is 49.7 Å². The molecule has 0 radical (unpaired) electrons. The van der Waals surface area contributed by atoms with Crippen LogP contribution in [0.3, 0.4) is 0 Å². The minimum absolute atomic E-state index is 0.247. The molecule has 1 atom stereocenters. The highest BCUT2D eigenvalue weighted by Crippen LogP contribution is 2.18. The quantitative estimate of drug-likeness (QED) is 0.907. The molecule has 1 unspecified atom stereocenters. The van der Waals surface area contributed by atoms with E-state index in [4.69, 9.17) is 4.74 Å². The second-order valence-corrected chi connectivity index (χ2v) is 5.25. The van der Waals surface area contributed by atoms with Gasteiger partial charge in [0.25, 0.3) is 0 Å². The summed E-state index contributed by atoms with van der Waals surface area (Å²) >= 11 is 0. The smallest absolute Gasteiger partial charge is 0.226 e. The molecule has 2 aromatic heterocycles. The van der Waals surface area contributed by atoms with Gasteiger partial charge >= 0.3 is 0 Å². The van der Waals surface area contributed by atoms with E-state index in [0.29, 0.717) is 23.9 Å². The van der Waals surface area contributed by atoms with E-state index < -0.39 is 0 Å². The van der Waals surface area contributed by atoms with Crippen LogP contribution in [-0.2, 0) is 6.54 Å². The van der Waals surface area contributed by atoms with Gasteiger partial charge in [-0.15, -0.1) is 0 Å². The third-order valence-corrected chi connectivity index (χ3v) is 3.70. The molecule has 0 amide bonds. The molecular weight excluding hydrogens is 285 g/mol. The minimum Gasteiger partial charge on any atom is -0.481 e. The number of hydrogen-bond donors (Lipinski definition) is 1. The normalized spacial score (nSPS) is 18.4. The van der Waals surface area contributed by atoms with E-state index in [0.717, 1.165) is 19.5 Å². The van der Waals surface area contributed by atoms with E-state index in [-0.39, 0.29) is 11.9 Å². The lowest BCUT2D eigenvalue weighted by Gasteiger charge is -2.17. The standard InChI is InChI=1S/C15H18FN5O/c1-22-14-3-6-18-15(20-14)19-12-4-7-21(10-12)9-11-2-5-17-8-13(11)16/h2-3,5-6,8,12H,4,7,9-10H2,1H3,(H,18,19,20). The number of rotatable bonds is 5. The second kappa shape index (κ2) is 6.65. The first-order valence-corrected chi connectivity index (χ1v) is 7.19. The molecule has 0 bridgehead atoms. The lowest BCUT2D eigenvalue weighted by Crippen LogP contribution is -2.27. The lowest BCUT2D eigenvalue weighted by atomic mass is 10.2. The zero-order valence-corrected chi connectivity index (χ0v) is 12.4. The number of hydrogen-bond acceptors (Lipinski definition) is 6. The summed E-state index contributed by atoms with van der Waals surface area (Å²) < 4.78 is 18.7. The molecule has 2 aromatic rings. The van der Waals surface area contributed by atoms with Crippen LogP contribution >= 0.6 is 0 Å². The number of halogens is 1. The van der Waals surface area contributed by atoms with Crippen LogP contribution in [-0.4, -0.2) is 46.1 Å². The maximum absolute atomic E-state index is 13.6. The van der Waals surface area contributed by atoms with Crippen LogP contribution in [0.1, 0.15) is 12.0 Å². The number of aromatic nitrogens is 3. The molecule has 1 saturated heterocycles. The number of ether oxygens (including phenoxy) is 1. The number of nitrogens with one attached hydrogen (secondary N) is 1. The van der Waals surface area contributed by atoms with Gasteiger partial charge in [-0.3, -0.25) is 9.88 Å². The van der Waals surface area contributed by atoms with Gasteiger partial charge in [-0.1, -0.05) is 0 Å². The van der Waals surface area contributed by atoms with E-state index in [1.54, 1.807) is 31.6 Å². The summed E-state index contributed by atoms with van der Waals surface area (Å²) in [4.78, 5) is 14.4. The van der Waals surface area contributed by atoms with Crippen LogP contribution in [0.2, 0.25) is 0 Å². The van der Waals surface area contributed by atoms with Crippen molar-refractivity contribution in [2.45, 2.75) is 19.0 Å². The van der Waals surface area contributed by atoms with Crippen molar-refractivity contribution >= 4 is 5.95 Å². The molecule has 3 rings (SSSR count). The summed E-state index contributed by atoms with van der Waals surface area (Å²) in [7, 11) is 1.58. The van der Waals surface area contributed by atoms with Crippen molar-refractivity contribution in [2.24, 2.45) is 0 Å². The molecular formula is C15H18FN5O. The summed E-state index contributed by atoms with van der Waals surface area (Å²) in [5.41, 5.74) is 0.674. The first kappa shape index (κ1) is 14.6. The highest BCUT2D eigenvalue weighted by Gasteiger charge is 2.23. The second-order valence-electron chi connectivity index (χ2n) is 5.25. The van der Waals surface area contributed by atoms with Gasteiger partial charge in [0.1, 0.15) is 5.82 Å². The molecule has 0 aromatic carbocycles. The third kappa shape index (κ3) is 3.48. The van der Waals surface area contributed by atoms with E-state index >= 15 is 0 Å². The van der Waals surface area contributed by atoms with Crippen molar-refractivity contribution in [3.63, 3.8) is 0 Å². The molecule has 6 nitrogen and oxygen atoms in total. The number of nitrogens with zero attached hydrogens (tertiary/aromatic N) is 4. The molecule has 1 N–H and O–H groups in total. The van der Waals surface area contributed by atoms with Crippen LogP contribution in [0.15, 0.2) is 30.7 Å². The molecule has 1 aliphatic heterocycles. The Morgan fingerprint density at radius 1 is 1.41 bits per heavy atom. The number of pyridine rings is 1. The maximum Gasteiger partial charge on any atom is 0.226 e. The molecule has 3 heterocycles. The van der Waals surface area contributed by atoms with Gasteiger partial charge in [-0.25, -0.2) is 9.37 Å². The molecule has 0 aliphatic carbocycles. The average Bonchev–Trinajstić information content (AvgIpc) is 2.97. The fourth-order valence-electron chi connectivity index (χ4n) is 2.58. The van der Waals surface area contributed by atoms with Crippen LogP contribution < -0.4 is 10.1 Å². The summed E-state index contributed by atoms with van der Waals surface area (Å²) in [6, 6.07) is 3.68. The Hall–Kier alpha value is -2.28. The largest absolute Gasteiger partial charge is 0.481 e. The first-order valence-electron chi connectivity index (χ1n) is 7.19. The first-order chi connectivity index (χ1) is 10.7. The SMILES string of the molecule is COc1ccnc(NC2CCN(Cc3ccncc3F)C2)n1. The Kier molecular flexibility index (Phi) is 4.43. The lowest BCUT2D eigenvalue weighted by molar-refractivity contribution is 0.322. The van der Waals surface area contributed by atoms with E-state index in [1.807, 2.05) is 0 Å². The predicted octanol–water partition coefficient (Wildman–Crippen LogP) is 1.71. The van der Waals surface area contributed by atoms with E-state index in [9.17, 15) is 4.39 Å². The molecule has 1 aliphatic rings. The number of anilines is 1. The minimum atomic E-state index is -0.255. The van der Waals surface area contributed by atoms with Gasteiger partial charge in [0.15, 0.2) is 0 Å². The summed E-state index contributed by atoms with van der Waals surface area (Å²) in [6.07, 6.45) is 5.50. The summed E-state index contributed by atoms with van der Waals surface area (Å²) in [5.74, 6) is 0.836. The van der Waals surface area contributed by atoms with Crippen LogP contribution in [0.5, 0.6) is 5.88 Å². The molecule has 116 valence electrons. The Morgan fingerprint density at radius 3 is 3.14 bits per heavy atom. The topological polar surface area (TPSA) is 63.2 Å². The van der Waals surface area contributed by atoms with Gasteiger partial charge in [0.2, 0.25) is 11.8 Å². The van der Waals surface area contributed by atoms with Gasteiger partial charge in [-0.2, -0.15) is 4.98 Å². The molecule has 0 spiro atoms. The Balaban J connectivity index is 1.57. The van der Waals surface area contributed by atoms with Crippen molar-refractivity contribution < 1.29 is 9.13 Å². The fourth-order valence-corrected chi connectivity index (χ4v) is 2.58. The number of methoxy groups -OCH3 is 1. The predicted molar refractivity (Wildman–Crippen MR) is 80.1 cm³/mol. The van der Waals surface area contributed by atoms with Gasteiger partial charge < -0.3 is 10.1 Å². The highest BCUT2D eigenvalue weighted by molar-refractivity contribution is 5.29. The van der Waals surface area contributed by atoms with Crippen LogP contribution in [0.25, 0.3) is 0 Å². The average molecular weight is 303 g/mol. The zero-order valence-electron chi connectivity index (χ0n) is 12.4. The number of likely N-dealkylation sites (tertiary alicyclic amines) is 1. The Bertz CT molecular complexity index is 639. The van der Waals surface area contributed by atoms with E-state index in [2.05, 4.69) is 25.2 Å². The molecule has 7 heteroatoms. The summed E-state index contributed by atoms with van der Waals surface area (Å²) in [5, 5.41) is 3.30. The van der Waals surface area contributed by atoms with Crippen molar-refractivity contribution in [2.75, 3.05) is 25.5 Å². The highest BCUT2D eigenvalue weighted by atomic mass is 19.1. The van der Waals surface area contributed by atoms with Crippen LogP contribution in [0, 0.1) is 5.82 Å². The molecule has 1 fully saturated rings. The van der Waals surface area contributed by atoms with Crippen LogP contribution in [0.4, 0.5) is 10.3 Å². The van der Waals surface area contributed by atoms with Crippen molar-refractivity contribution in [3.8, 4) is 5.88 Å². The molecule has 0 saturated carbocycles. The van der Waals surface area contributed by atoms with Gasteiger partial charge in [-0.05, 0) is 12.5 Å². The Morgan fingerprint density at radius 2 is 2.32 bits per heavy atom. The third-order valence-electron chi connectivity index (χ3n) is 3.70.